The molecule has 0 aliphatic heterocycles. The number of carboxylic acid groups (broad SMARTS) is 1. The number of aromatic nitrogens is 3. The first kappa shape index (κ1) is 11.7. The van der Waals surface area contributed by atoms with Gasteiger partial charge in [-0.05, 0) is 25.3 Å². The Kier molecular flexibility index (Phi) is 2.70. The Morgan fingerprint density at radius 2 is 2.16 bits per heavy atom. The molecule has 6 nitrogen and oxygen atoms in total. The molecule has 3 N–H and O–H groups in total. The molecule has 3 rings (SSSR count). The van der Waals surface area contributed by atoms with Crippen LogP contribution in [0.1, 0.15) is 25.0 Å². The summed E-state index contributed by atoms with van der Waals surface area (Å²) in [5.41, 5.74) is 2.21. The molecule has 0 radical (unpaired) electrons. The number of amides is 1. The summed E-state index contributed by atoms with van der Waals surface area (Å²) in [5, 5.41) is 18.2. The number of pyridine rings is 1. The summed E-state index contributed by atoms with van der Waals surface area (Å²) in [6, 6.07) is 3.83. The van der Waals surface area contributed by atoms with E-state index >= 15 is 0 Å². The monoisotopic (exact) mass is 258 g/mol. The number of hydrogen-bond donors (Lipinski definition) is 3. The summed E-state index contributed by atoms with van der Waals surface area (Å²) in [4.78, 5) is 15.3. The minimum absolute atomic E-state index is 0.499. The number of hydrogen-bond acceptors (Lipinski definition) is 3. The molecule has 0 atom stereocenters. The summed E-state index contributed by atoms with van der Waals surface area (Å²) in [6.07, 6.45) is 6.90. The van der Waals surface area contributed by atoms with Crippen molar-refractivity contribution in [2.75, 3.05) is 0 Å². The van der Waals surface area contributed by atoms with Gasteiger partial charge in [0.1, 0.15) is 0 Å². The molecule has 98 valence electrons. The first-order chi connectivity index (χ1) is 9.20. The molecule has 0 saturated heterocycles. The van der Waals surface area contributed by atoms with Crippen LogP contribution in [0.15, 0.2) is 30.7 Å². The quantitative estimate of drug-likeness (QED) is 0.786. The number of rotatable bonds is 3. The summed E-state index contributed by atoms with van der Waals surface area (Å²) >= 11 is 0. The third kappa shape index (κ3) is 2.05. The molecule has 1 aliphatic rings. The average molecular weight is 258 g/mol. The average Bonchev–Trinajstić information content (AvgIpc) is 2.88. The van der Waals surface area contributed by atoms with Crippen molar-refractivity contribution in [2.24, 2.45) is 0 Å². The van der Waals surface area contributed by atoms with Gasteiger partial charge in [-0.3, -0.25) is 10.1 Å². The fraction of sp³-hybridized carbons (Fsp3) is 0.308. The molecule has 2 heterocycles. The molecule has 2 aromatic heterocycles. The van der Waals surface area contributed by atoms with Crippen LogP contribution in [-0.4, -0.2) is 26.4 Å². The van der Waals surface area contributed by atoms with Crippen LogP contribution in [0.5, 0.6) is 0 Å². The van der Waals surface area contributed by atoms with Gasteiger partial charge >= 0.3 is 6.09 Å². The summed E-state index contributed by atoms with van der Waals surface area (Å²) in [5.74, 6) is 0. The lowest BCUT2D eigenvalue weighted by molar-refractivity contribution is 0.141. The van der Waals surface area contributed by atoms with Crippen molar-refractivity contribution in [1.29, 1.82) is 0 Å². The number of aromatic amines is 1. The van der Waals surface area contributed by atoms with Crippen LogP contribution < -0.4 is 5.32 Å². The van der Waals surface area contributed by atoms with Gasteiger partial charge in [0.05, 0.1) is 17.4 Å². The highest BCUT2D eigenvalue weighted by Gasteiger charge is 2.41. The van der Waals surface area contributed by atoms with Crippen molar-refractivity contribution in [1.82, 2.24) is 20.5 Å². The van der Waals surface area contributed by atoms with Gasteiger partial charge < -0.3 is 10.4 Å². The topological polar surface area (TPSA) is 90.9 Å². The first-order valence-electron chi connectivity index (χ1n) is 6.16. The molecule has 1 fully saturated rings. The molecule has 0 bridgehead atoms. The first-order valence-corrected chi connectivity index (χ1v) is 6.16. The van der Waals surface area contributed by atoms with Crippen LogP contribution in [-0.2, 0) is 5.54 Å². The second kappa shape index (κ2) is 4.38. The van der Waals surface area contributed by atoms with E-state index in [2.05, 4.69) is 20.5 Å². The normalized spacial score (nSPS) is 16.6. The maximum Gasteiger partial charge on any atom is 0.405 e. The van der Waals surface area contributed by atoms with Crippen LogP contribution in [0, 0.1) is 0 Å². The van der Waals surface area contributed by atoms with Gasteiger partial charge in [-0.25, -0.2) is 4.79 Å². The van der Waals surface area contributed by atoms with Gasteiger partial charge in [0.25, 0.3) is 0 Å². The minimum Gasteiger partial charge on any atom is -0.465 e. The van der Waals surface area contributed by atoms with E-state index < -0.39 is 11.6 Å². The predicted octanol–water partition coefficient (Wildman–Crippen LogP) is 2.12. The zero-order valence-electron chi connectivity index (χ0n) is 10.3. The lowest BCUT2D eigenvalue weighted by Crippen LogP contribution is -2.50. The van der Waals surface area contributed by atoms with Gasteiger partial charge in [-0.2, -0.15) is 5.10 Å². The highest BCUT2D eigenvalue weighted by molar-refractivity contribution is 5.66. The highest BCUT2D eigenvalue weighted by atomic mass is 16.4. The van der Waals surface area contributed by atoms with Crippen LogP contribution in [0.3, 0.4) is 0 Å². The maximum absolute atomic E-state index is 10.9. The van der Waals surface area contributed by atoms with Gasteiger partial charge in [-0.15, -0.1) is 0 Å². The van der Waals surface area contributed by atoms with Gasteiger partial charge in [0.15, 0.2) is 0 Å². The fourth-order valence-electron chi connectivity index (χ4n) is 2.44. The smallest absolute Gasteiger partial charge is 0.405 e. The van der Waals surface area contributed by atoms with E-state index in [1.165, 1.54) is 0 Å². The zero-order chi connectivity index (χ0) is 13.3. The predicted molar refractivity (Wildman–Crippen MR) is 68.5 cm³/mol. The van der Waals surface area contributed by atoms with Crippen molar-refractivity contribution < 1.29 is 9.90 Å². The van der Waals surface area contributed by atoms with Crippen molar-refractivity contribution >= 4 is 6.09 Å². The Morgan fingerprint density at radius 1 is 1.32 bits per heavy atom. The molecule has 19 heavy (non-hydrogen) atoms. The number of nitrogens with one attached hydrogen (secondary N) is 2. The minimum atomic E-state index is -1.000. The fourth-order valence-corrected chi connectivity index (χ4v) is 2.44. The molecule has 0 unspecified atom stereocenters. The van der Waals surface area contributed by atoms with Gasteiger partial charge in [0.2, 0.25) is 0 Å². The Morgan fingerprint density at radius 3 is 2.63 bits per heavy atom. The van der Waals surface area contributed by atoms with E-state index in [-0.39, 0.29) is 0 Å². The second-order valence-corrected chi connectivity index (χ2v) is 4.78. The lowest BCUT2D eigenvalue weighted by atomic mass is 9.74. The Bertz CT molecular complexity index is 573. The van der Waals surface area contributed by atoms with Crippen LogP contribution in [0.4, 0.5) is 4.79 Å². The van der Waals surface area contributed by atoms with Crippen molar-refractivity contribution in [2.45, 2.75) is 24.8 Å². The van der Waals surface area contributed by atoms with Crippen LogP contribution in [0.25, 0.3) is 11.1 Å². The van der Waals surface area contributed by atoms with E-state index in [1.54, 1.807) is 18.6 Å². The van der Waals surface area contributed by atoms with Crippen LogP contribution >= 0.6 is 0 Å². The number of H-pyrrole nitrogens is 1. The Labute approximate surface area is 109 Å². The zero-order valence-corrected chi connectivity index (χ0v) is 10.3. The summed E-state index contributed by atoms with van der Waals surface area (Å²) in [6.45, 7) is 0. The third-order valence-corrected chi connectivity index (χ3v) is 3.64. The van der Waals surface area contributed by atoms with E-state index in [0.29, 0.717) is 0 Å². The van der Waals surface area contributed by atoms with E-state index in [9.17, 15) is 4.79 Å². The molecular formula is C13H14N4O2. The molecule has 6 heteroatoms. The number of nitrogens with zero attached hydrogens (tertiary/aromatic N) is 2. The molecule has 1 aliphatic carbocycles. The molecule has 1 amide bonds. The van der Waals surface area contributed by atoms with Crippen LogP contribution in [0.2, 0.25) is 0 Å². The maximum atomic E-state index is 10.9. The van der Waals surface area contributed by atoms with Gasteiger partial charge in [0, 0.05) is 23.5 Å². The summed E-state index contributed by atoms with van der Waals surface area (Å²) < 4.78 is 0. The molecule has 2 aromatic rings. The molecule has 0 aromatic carbocycles. The molecule has 1 saturated carbocycles. The third-order valence-electron chi connectivity index (χ3n) is 3.64. The molecule has 0 spiro atoms. The highest BCUT2D eigenvalue weighted by Crippen LogP contribution is 2.40. The van der Waals surface area contributed by atoms with Crippen molar-refractivity contribution in [3.63, 3.8) is 0 Å². The number of carbonyl (C=O) groups is 1. The largest absolute Gasteiger partial charge is 0.465 e. The second-order valence-electron chi connectivity index (χ2n) is 4.78. The lowest BCUT2D eigenvalue weighted by Gasteiger charge is -2.41. The van der Waals surface area contributed by atoms with Gasteiger partial charge in [-0.1, -0.05) is 6.07 Å². The molecular weight excluding hydrogens is 244 g/mol. The van der Waals surface area contributed by atoms with E-state index in [1.807, 2.05) is 12.1 Å². The SMILES string of the molecule is O=C(O)NC1(c2ccc(-c3cn[nH]c3)cn2)CCC1. The van der Waals surface area contributed by atoms with E-state index in [0.717, 1.165) is 36.1 Å². The Hall–Kier alpha value is -2.37. The standard InChI is InChI=1S/C13H14N4O2/c18-12(19)17-13(4-1-5-13)11-3-2-9(6-14-11)10-7-15-16-8-10/h2-3,6-8,17H,1,4-5H2,(H,15,16)(H,18,19). The summed E-state index contributed by atoms with van der Waals surface area (Å²) in [7, 11) is 0. The van der Waals surface area contributed by atoms with Crippen molar-refractivity contribution in [3.05, 3.63) is 36.4 Å². The van der Waals surface area contributed by atoms with E-state index in [4.69, 9.17) is 5.11 Å². The van der Waals surface area contributed by atoms with Crippen molar-refractivity contribution in [3.8, 4) is 11.1 Å². The Balaban J connectivity index is 1.87.